The molecule has 2 aromatic rings. The number of nitrogens with one attached hydrogen (secondary N) is 1. The smallest absolute Gasteiger partial charge is 0.263 e. The minimum Gasteiger partial charge on any atom is -0.349 e. The van der Waals surface area contributed by atoms with Gasteiger partial charge in [0.05, 0.1) is 14.9 Å². The summed E-state index contributed by atoms with van der Waals surface area (Å²) in [5.74, 6) is -0.132. The lowest BCUT2D eigenvalue weighted by Gasteiger charge is -2.18. The van der Waals surface area contributed by atoms with Crippen molar-refractivity contribution in [3.8, 4) is 9.88 Å². The van der Waals surface area contributed by atoms with Crippen LogP contribution in [0.15, 0.2) is 12.1 Å². The Hall–Kier alpha value is -0.660. The van der Waals surface area contributed by atoms with E-state index in [1.54, 1.807) is 0 Å². The van der Waals surface area contributed by atoms with Crippen molar-refractivity contribution in [3.05, 3.63) is 27.0 Å². The number of nitrogens with zero attached hydrogens (tertiary/aromatic N) is 1. The minimum atomic E-state index is -0.432. The van der Waals surface area contributed by atoms with Crippen LogP contribution in [0.4, 0.5) is 0 Å². The molecule has 2 rings (SSSR count). The first-order chi connectivity index (χ1) is 9.26. The molecule has 116 valence electrons. The van der Waals surface area contributed by atoms with E-state index in [-0.39, 0.29) is 18.3 Å². The number of hydrogen-bond acceptors (Lipinski definition) is 5. The summed E-state index contributed by atoms with van der Waals surface area (Å²) < 4.78 is 0.712. The number of amides is 1. The number of carbonyl (C=O) groups excluding carboxylic acids is 1. The molecule has 0 aliphatic heterocycles. The molecule has 0 fully saturated rings. The number of rotatable bonds is 4. The average Bonchev–Trinajstić information content (AvgIpc) is 2.91. The molecular weight excluding hydrogens is 349 g/mol. The van der Waals surface area contributed by atoms with Crippen LogP contribution in [-0.2, 0) is 0 Å². The second kappa shape index (κ2) is 7.07. The van der Waals surface area contributed by atoms with Crippen molar-refractivity contribution in [3.63, 3.8) is 0 Å². The SMILES string of the molecule is Cc1nc(-c2ccc(Cl)s2)sc1C(=O)NCC(C)(C)N.Cl. The normalized spacial score (nSPS) is 11.1. The summed E-state index contributed by atoms with van der Waals surface area (Å²) in [6.07, 6.45) is 0. The van der Waals surface area contributed by atoms with Gasteiger partial charge in [-0.1, -0.05) is 11.6 Å². The number of nitrogens with two attached hydrogens (primary N) is 1. The first kappa shape index (κ1) is 18.4. The van der Waals surface area contributed by atoms with Crippen molar-refractivity contribution in [1.82, 2.24) is 10.3 Å². The fraction of sp³-hybridized carbons (Fsp3) is 0.385. The van der Waals surface area contributed by atoms with Gasteiger partial charge in [0.25, 0.3) is 5.91 Å². The Morgan fingerprint density at radius 2 is 2.10 bits per heavy atom. The lowest BCUT2D eigenvalue weighted by atomic mass is 10.1. The largest absolute Gasteiger partial charge is 0.349 e. The second-order valence-electron chi connectivity index (χ2n) is 5.21. The van der Waals surface area contributed by atoms with Crippen LogP contribution in [0.3, 0.4) is 0 Å². The number of aryl methyl sites for hydroxylation is 1. The molecule has 4 nitrogen and oxygen atoms in total. The van der Waals surface area contributed by atoms with Gasteiger partial charge in [-0.3, -0.25) is 4.79 Å². The maximum atomic E-state index is 12.1. The number of halogens is 2. The Morgan fingerprint density at radius 1 is 1.43 bits per heavy atom. The van der Waals surface area contributed by atoms with E-state index < -0.39 is 5.54 Å². The topological polar surface area (TPSA) is 68.0 Å². The fourth-order valence-electron chi connectivity index (χ4n) is 1.53. The first-order valence-electron chi connectivity index (χ1n) is 6.06. The molecule has 0 bridgehead atoms. The van der Waals surface area contributed by atoms with Gasteiger partial charge in [0.2, 0.25) is 0 Å². The molecule has 0 aliphatic carbocycles. The van der Waals surface area contributed by atoms with Crippen LogP contribution in [-0.4, -0.2) is 23.0 Å². The Labute approximate surface area is 143 Å². The predicted molar refractivity (Wildman–Crippen MR) is 93.0 cm³/mol. The van der Waals surface area contributed by atoms with E-state index in [4.69, 9.17) is 17.3 Å². The summed E-state index contributed by atoms with van der Waals surface area (Å²) in [7, 11) is 0. The standard InChI is InChI=1S/C13H16ClN3OS2.ClH/c1-7-10(11(18)16-6-13(2,3)15)20-12(17-7)8-4-5-9(14)19-8;/h4-5H,6,15H2,1-3H3,(H,16,18);1H. The third-order valence-corrected chi connectivity index (χ3v) is 5.05. The highest BCUT2D eigenvalue weighted by molar-refractivity contribution is 7.24. The maximum Gasteiger partial charge on any atom is 0.263 e. The summed E-state index contributed by atoms with van der Waals surface area (Å²) in [5, 5.41) is 3.65. The fourth-order valence-corrected chi connectivity index (χ4v) is 3.61. The van der Waals surface area contributed by atoms with E-state index in [1.165, 1.54) is 22.7 Å². The molecule has 0 saturated carbocycles. The van der Waals surface area contributed by atoms with Crippen LogP contribution in [0.2, 0.25) is 4.34 Å². The van der Waals surface area contributed by atoms with Crippen LogP contribution < -0.4 is 11.1 Å². The number of thiophene rings is 1. The zero-order valence-corrected chi connectivity index (χ0v) is 15.1. The highest BCUT2D eigenvalue weighted by Gasteiger charge is 2.19. The van der Waals surface area contributed by atoms with E-state index in [1.807, 2.05) is 32.9 Å². The highest BCUT2D eigenvalue weighted by atomic mass is 35.5. The van der Waals surface area contributed by atoms with Crippen LogP contribution >= 0.6 is 46.7 Å². The van der Waals surface area contributed by atoms with Gasteiger partial charge in [-0.15, -0.1) is 35.1 Å². The minimum absolute atomic E-state index is 0. The summed E-state index contributed by atoms with van der Waals surface area (Å²) in [4.78, 5) is 18.2. The number of aromatic nitrogens is 1. The van der Waals surface area contributed by atoms with Crippen molar-refractivity contribution in [1.29, 1.82) is 0 Å². The van der Waals surface area contributed by atoms with Crippen molar-refractivity contribution in [2.75, 3.05) is 6.54 Å². The molecule has 3 N–H and O–H groups in total. The van der Waals surface area contributed by atoms with Gasteiger partial charge in [-0.05, 0) is 32.9 Å². The van der Waals surface area contributed by atoms with Crippen LogP contribution in [0.5, 0.6) is 0 Å². The lowest BCUT2D eigenvalue weighted by Crippen LogP contribution is -2.45. The van der Waals surface area contributed by atoms with E-state index in [0.29, 0.717) is 15.8 Å². The van der Waals surface area contributed by atoms with Crippen LogP contribution in [0.25, 0.3) is 9.88 Å². The Morgan fingerprint density at radius 3 is 2.62 bits per heavy atom. The van der Waals surface area contributed by atoms with E-state index in [9.17, 15) is 4.79 Å². The Kier molecular flexibility index (Phi) is 6.19. The van der Waals surface area contributed by atoms with Crippen LogP contribution in [0.1, 0.15) is 29.2 Å². The highest BCUT2D eigenvalue weighted by Crippen LogP contribution is 2.34. The molecule has 2 heterocycles. The van der Waals surface area contributed by atoms with Crippen molar-refractivity contribution < 1.29 is 4.79 Å². The number of thiazole rings is 1. The van der Waals surface area contributed by atoms with E-state index >= 15 is 0 Å². The molecule has 21 heavy (non-hydrogen) atoms. The number of carbonyl (C=O) groups is 1. The van der Waals surface area contributed by atoms with Gasteiger partial charge >= 0.3 is 0 Å². The second-order valence-corrected chi connectivity index (χ2v) is 7.92. The van der Waals surface area contributed by atoms with Crippen molar-refractivity contribution in [2.45, 2.75) is 26.3 Å². The van der Waals surface area contributed by atoms with Crippen molar-refractivity contribution in [2.24, 2.45) is 5.73 Å². The summed E-state index contributed by atoms with van der Waals surface area (Å²) in [6.45, 7) is 5.98. The summed E-state index contributed by atoms with van der Waals surface area (Å²) in [6, 6.07) is 3.74. The van der Waals surface area contributed by atoms with E-state index in [0.717, 1.165) is 15.6 Å². The molecule has 0 aliphatic rings. The zero-order valence-electron chi connectivity index (χ0n) is 11.9. The van der Waals surface area contributed by atoms with Gasteiger partial charge in [-0.25, -0.2) is 4.98 Å². The molecule has 8 heteroatoms. The van der Waals surface area contributed by atoms with Gasteiger partial charge in [0.15, 0.2) is 0 Å². The monoisotopic (exact) mass is 365 g/mol. The van der Waals surface area contributed by atoms with E-state index in [2.05, 4.69) is 10.3 Å². The molecule has 0 radical (unpaired) electrons. The predicted octanol–water partition coefficient (Wildman–Crippen LogP) is 3.72. The molecule has 2 aromatic heterocycles. The summed E-state index contributed by atoms with van der Waals surface area (Å²) in [5.41, 5.74) is 6.15. The molecular formula is C13H17Cl2N3OS2. The molecule has 0 aromatic carbocycles. The summed E-state index contributed by atoms with van der Waals surface area (Å²) >= 11 is 8.75. The van der Waals surface area contributed by atoms with Crippen LogP contribution in [0, 0.1) is 6.92 Å². The molecule has 1 amide bonds. The third kappa shape index (κ3) is 4.93. The van der Waals surface area contributed by atoms with Gasteiger partial charge in [0, 0.05) is 12.1 Å². The molecule has 0 atom stereocenters. The molecule has 0 unspecified atom stereocenters. The molecule has 0 spiro atoms. The lowest BCUT2D eigenvalue weighted by molar-refractivity contribution is 0.0949. The van der Waals surface area contributed by atoms with Gasteiger partial charge in [-0.2, -0.15) is 0 Å². The zero-order chi connectivity index (χ0) is 14.9. The number of hydrogen-bond donors (Lipinski definition) is 2. The Bertz CT molecular complexity index is 632. The van der Waals surface area contributed by atoms with Gasteiger partial charge in [0.1, 0.15) is 9.88 Å². The molecule has 0 saturated heterocycles. The maximum absolute atomic E-state index is 12.1. The Balaban J connectivity index is 0.00000220. The van der Waals surface area contributed by atoms with Gasteiger partial charge < -0.3 is 11.1 Å². The third-order valence-electron chi connectivity index (χ3n) is 2.49. The van der Waals surface area contributed by atoms with Crippen molar-refractivity contribution >= 4 is 52.6 Å². The quantitative estimate of drug-likeness (QED) is 0.867. The average molecular weight is 366 g/mol. The first-order valence-corrected chi connectivity index (χ1v) is 8.07.